The van der Waals surface area contributed by atoms with Gasteiger partial charge in [0.15, 0.2) is 0 Å². The first kappa shape index (κ1) is 20.8. The zero-order valence-corrected chi connectivity index (χ0v) is 14.2. The van der Waals surface area contributed by atoms with Gasteiger partial charge in [0.1, 0.15) is 6.23 Å². The predicted octanol–water partition coefficient (Wildman–Crippen LogP) is 0.0522. The number of nitrogens with zero attached hydrogens (tertiary/aromatic N) is 1. The third-order valence-corrected chi connectivity index (χ3v) is 3.00. The van der Waals surface area contributed by atoms with Crippen LogP contribution in [0.3, 0.4) is 0 Å². The molecule has 4 N–H and O–H groups in total. The van der Waals surface area contributed by atoms with Crippen molar-refractivity contribution in [3.8, 4) is 0 Å². The molecule has 0 aromatic heterocycles. The largest absolute Gasteiger partial charge is 0.357 e. The van der Waals surface area contributed by atoms with Crippen LogP contribution in [0.25, 0.3) is 0 Å². The number of likely N-dealkylation sites (N-methyl/N-ethyl adjacent to an activating group) is 1. The van der Waals surface area contributed by atoms with E-state index in [9.17, 15) is 9.59 Å². The summed E-state index contributed by atoms with van der Waals surface area (Å²) in [7, 11) is 3.84. The molecule has 0 aromatic carbocycles. The SMILES string of the molecule is CCOC(CN(C)C)NC(=O)CCNC(=O)CCCCCN. The number of nitrogens with one attached hydrogen (secondary N) is 2. The Morgan fingerprint density at radius 3 is 2.45 bits per heavy atom. The standard InChI is InChI=1S/C15H32N4O3/c1-4-22-15(12-19(2)3)18-14(21)9-11-17-13(20)8-6-5-7-10-16/h15H,4-12,16H2,1-3H3,(H,17,20)(H,18,21). The summed E-state index contributed by atoms with van der Waals surface area (Å²) in [6, 6.07) is 0. The van der Waals surface area contributed by atoms with E-state index in [1.165, 1.54) is 0 Å². The topological polar surface area (TPSA) is 96.7 Å². The number of nitrogens with two attached hydrogens (primary N) is 1. The third-order valence-electron chi connectivity index (χ3n) is 3.00. The maximum Gasteiger partial charge on any atom is 0.223 e. The molecule has 0 aliphatic heterocycles. The minimum atomic E-state index is -0.320. The summed E-state index contributed by atoms with van der Waals surface area (Å²) >= 11 is 0. The average molecular weight is 316 g/mol. The van der Waals surface area contributed by atoms with Crippen LogP contribution in [0.4, 0.5) is 0 Å². The second-order valence-electron chi connectivity index (χ2n) is 5.47. The lowest BCUT2D eigenvalue weighted by molar-refractivity contribution is -0.126. The van der Waals surface area contributed by atoms with E-state index in [-0.39, 0.29) is 24.5 Å². The summed E-state index contributed by atoms with van der Waals surface area (Å²) in [6.45, 7) is 4.06. The Bertz CT molecular complexity index is 311. The van der Waals surface area contributed by atoms with Crippen molar-refractivity contribution in [2.24, 2.45) is 5.73 Å². The summed E-state index contributed by atoms with van der Waals surface area (Å²) in [5.41, 5.74) is 5.39. The van der Waals surface area contributed by atoms with Crippen molar-refractivity contribution in [2.75, 3.05) is 40.3 Å². The fourth-order valence-corrected chi connectivity index (χ4v) is 1.94. The molecule has 2 amide bonds. The van der Waals surface area contributed by atoms with E-state index in [1.807, 2.05) is 25.9 Å². The maximum atomic E-state index is 11.8. The van der Waals surface area contributed by atoms with Crippen molar-refractivity contribution < 1.29 is 14.3 Å². The molecule has 7 nitrogen and oxygen atoms in total. The number of amides is 2. The smallest absolute Gasteiger partial charge is 0.223 e. The van der Waals surface area contributed by atoms with Crippen molar-refractivity contribution in [3.63, 3.8) is 0 Å². The number of carbonyl (C=O) groups excluding carboxylic acids is 2. The predicted molar refractivity (Wildman–Crippen MR) is 87.3 cm³/mol. The zero-order chi connectivity index (χ0) is 16.8. The van der Waals surface area contributed by atoms with Gasteiger partial charge in [-0.15, -0.1) is 0 Å². The molecule has 0 rings (SSSR count). The molecule has 0 aliphatic rings. The molecule has 0 bridgehead atoms. The fraction of sp³-hybridized carbons (Fsp3) is 0.867. The Kier molecular flexibility index (Phi) is 12.8. The van der Waals surface area contributed by atoms with E-state index in [1.54, 1.807) is 0 Å². The highest BCUT2D eigenvalue weighted by molar-refractivity contribution is 5.79. The van der Waals surface area contributed by atoms with Gasteiger partial charge in [0.25, 0.3) is 0 Å². The lowest BCUT2D eigenvalue weighted by Gasteiger charge is -2.22. The average Bonchev–Trinajstić information content (AvgIpc) is 2.43. The van der Waals surface area contributed by atoms with Crippen LogP contribution >= 0.6 is 0 Å². The minimum Gasteiger partial charge on any atom is -0.357 e. The van der Waals surface area contributed by atoms with E-state index >= 15 is 0 Å². The van der Waals surface area contributed by atoms with Gasteiger partial charge in [0.05, 0.1) is 0 Å². The maximum absolute atomic E-state index is 11.8. The van der Waals surface area contributed by atoms with Crippen LogP contribution in [-0.2, 0) is 14.3 Å². The molecular formula is C15H32N4O3. The van der Waals surface area contributed by atoms with Gasteiger partial charge in [0.2, 0.25) is 11.8 Å². The van der Waals surface area contributed by atoms with Crippen LogP contribution < -0.4 is 16.4 Å². The van der Waals surface area contributed by atoms with Crippen molar-refractivity contribution >= 4 is 11.8 Å². The van der Waals surface area contributed by atoms with Gasteiger partial charge in [0, 0.05) is 32.5 Å². The zero-order valence-electron chi connectivity index (χ0n) is 14.2. The third kappa shape index (κ3) is 12.6. The first-order valence-corrected chi connectivity index (χ1v) is 8.02. The van der Waals surface area contributed by atoms with Crippen LogP contribution in [0.1, 0.15) is 39.0 Å². The van der Waals surface area contributed by atoms with Gasteiger partial charge in [-0.2, -0.15) is 0 Å². The molecule has 130 valence electrons. The second-order valence-corrected chi connectivity index (χ2v) is 5.47. The Hall–Kier alpha value is -1.18. The number of unbranched alkanes of at least 4 members (excludes halogenated alkanes) is 2. The molecule has 0 fully saturated rings. The quantitative estimate of drug-likeness (QED) is 0.330. The summed E-state index contributed by atoms with van der Waals surface area (Å²) in [5.74, 6) is -0.136. The van der Waals surface area contributed by atoms with E-state index in [2.05, 4.69) is 10.6 Å². The van der Waals surface area contributed by atoms with Gasteiger partial charge in [-0.1, -0.05) is 6.42 Å². The summed E-state index contributed by atoms with van der Waals surface area (Å²) in [4.78, 5) is 25.3. The highest BCUT2D eigenvalue weighted by Gasteiger charge is 2.13. The normalized spacial score (nSPS) is 12.2. The molecular weight excluding hydrogens is 284 g/mol. The number of hydrogen-bond acceptors (Lipinski definition) is 5. The Morgan fingerprint density at radius 1 is 1.14 bits per heavy atom. The molecule has 0 saturated heterocycles. The van der Waals surface area contributed by atoms with Gasteiger partial charge in [-0.25, -0.2) is 0 Å². The summed E-state index contributed by atoms with van der Waals surface area (Å²) < 4.78 is 5.46. The van der Waals surface area contributed by atoms with Crippen LogP contribution in [0.15, 0.2) is 0 Å². The molecule has 0 spiro atoms. The molecule has 0 aromatic rings. The highest BCUT2D eigenvalue weighted by Crippen LogP contribution is 1.98. The van der Waals surface area contributed by atoms with E-state index in [0.29, 0.717) is 32.7 Å². The monoisotopic (exact) mass is 316 g/mol. The summed E-state index contributed by atoms with van der Waals surface area (Å²) in [5, 5.41) is 5.57. The lowest BCUT2D eigenvalue weighted by Crippen LogP contribution is -2.44. The van der Waals surface area contributed by atoms with E-state index in [0.717, 1.165) is 19.3 Å². The highest BCUT2D eigenvalue weighted by atomic mass is 16.5. The fourth-order valence-electron chi connectivity index (χ4n) is 1.94. The van der Waals surface area contributed by atoms with Crippen molar-refractivity contribution in [3.05, 3.63) is 0 Å². The second kappa shape index (κ2) is 13.5. The summed E-state index contributed by atoms with van der Waals surface area (Å²) in [6.07, 6.45) is 3.17. The Balaban J connectivity index is 3.80. The van der Waals surface area contributed by atoms with Gasteiger partial charge >= 0.3 is 0 Å². The molecule has 0 saturated carbocycles. The van der Waals surface area contributed by atoms with E-state index in [4.69, 9.17) is 10.5 Å². The number of hydrogen-bond donors (Lipinski definition) is 3. The van der Waals surface area contributed by atoms with Crippen molar-refractivity contribution in [1.82, 2.24) is 15.5 Å². The number of rotatable bonds is 13. The van der Waals surface area contributed by atoms with Crippen LogP contribution in [0.2, 0.25) is 0 Å². The molecule has 1 atom stereocenters. The Labute approximate surface area is 133 Å². The Morgan fingerprint density at radius 2 is 1.86 bits per heavy atom. The molecule has 0 radical (unpaired) electrons. The van der Waals surface area contributed by atoms with E-state index < -0.39 is 0 Å². The molecule has 0 heterocycles. The van der Waals surface area contributed by atoms with Crippen LogP contribution in [0, 0.1) is 0 Å². The van der Waals surface area contributed by atoms with Gasteiger partial charge < -0.3 is 26.0 Å². The van der Waals surface area contributed by atoms with Crippen LogP contribution in [0.5, 0.6) is 0 Å². The minimum absolute atomic E-state index is 0.0144. The van der Waals surface area contributed by atoms with Gasteiger partial charge in [-0.3, -0.25) is 9.59 Å². The van der Waals surface area contributed by atoms with Gasteiger partial charge in [-0.05, 0) is 40.4 Å². The molecule has 0 aliphatic carbocycles. The van der Waals surface area contributed by atoms with Crippen molar-refractivity contribution in [1.29, 1.82) is 0 Å². The number of carbonyl (C=O) groups is 2. The first-order chi connectivity index (χ1) is 10.5. The number of ether oxygens (including phenoxy) is 1. The van der Waals surface area contributed by atoms with Crippen molar-refractivity contribution in [2.45, 2.75) is 45.3 Å². The lowest BCUT2D eigenvalue weighted by atomic mass is 10.2. The molecule has 7 heteroatoms. The molecule has 22 heavy (non-hydrogen) atoms. The van der Waals surface area contributed by atoms with Crippen LogP contribution in [-0.4, -0.2) is 63.3 Å². The molecule has 1 unspecified atom stereocenters. The first-order valence-electron chi connectivity index (χ1n) is 8.02.